The van der Waals surface area contributed by atoms with E-state index in [9.17, 15) is 5.21 Å². The van der Waals surface area contributed by atoms with Crippen LogP contribution in [0.25, 0.3) is 16.8 Å². The molecule has 2 aromatic carbocycles. The number of hydroxylamine groups is 2. The Bertz CT molecular complexity index is 545. The SMILES string of the molecule is ON1C=Cc2ccc3ccccc3c2C1. The molecule has 0 radical (unpaired) electrons. The summed E-state index contributed by atoms with van der Waals surface area (Å²) in [4.78, 5) is 0. The Morgan fingerprint density at radius 3 is 2.87 bits per heavy atom. The Hall–Kier alpha value is -1.80. The fraction of sp³-hybridized carbons (Fsp3) is 0.0769. The second-order valence-corrected chi connectivity index (χ2v) is 3.77. The zero-order valence-corrected chi connectivity index (χ0v) is 8.22. The summed E-state index contributed by atoms with van der Waals surface area (Å²) in [7, 11) is 0. The van der Waals surface area contributed by atoms with E-state index in [1.165, 1.54) is 27.0 Å². The molecule has 2 heteroatoms. The fourth-order valence-corrected chi connectivity index (χ4v) is 2.07. The minimum Gasteiger partial charge on any atom is -0.289 e. The molecule has 1 aliphatic heterocycles. The lowest BCUT2D eigenvalue weighted by molar-refractivity contribution is -0.0491. The van der Waals surface area contributed by atoms with Crippen LogP contribution in [-0.2, 0) is 6.54 Å². The van der Waals surface area contributed by atoms with Crippen LogP contribution in [0.3, 0.4) is 0 Å². The first-order chi connectivity index (χ1) is 7.34. The molecule has 1 N–H and O–H groups in total. The molecule has 3 rings (SSSR count). The van der Waals surface area contributed by atoms with Crippen molar-refractivity contribution in [1.82, 2.24) is 5.06 Å². The first-order valence-corrected chi connectivity index (χ1v) is 4.99. The van der Waals surface area contributed by atoms with Crippen LogP contribution in [-0.4, -0.2) is 10.3 Å². The number of fused-ring (bicyclic) bond motifs is 3. The largest absolute Gasteiger partial charge is 0.289 e. The van der Waals surface area contributed by atoms with Crippen LogP contribution < -0.4 is 0 Å². The molecular formula is C13H11NO. The highest BCUT2D eigenvalue weighted by molar-refractivity contribution is 5.89. The van der Waals surface area contributed by atoms with Gasteiger partial charge in [-0.2, -0.15) is 0 Å². The van der Waals surface area contributed by atoms with Crippen molar-refractivity contribution in [2.24, 2.45) is 0 Å². The van der Waals surface area contributed by atoms with Gasteiger partial charge in [0.2, 0.25) is 0 Å². The average Bonchev–Trinajstić information content (AvgIpc) is 2.29. The maximum atomic E-state index is 9.46. The van der Waals surface area contributed by atoms with Crippen molar-refractivity contribution in [2.75, 3.05) is 0 Å². The summed E-state index contributed by atoms with van der Waals surface area (Å²) >= 11 is 0. The van der Waals surface area contributed by atoms with Crippen molar-refractivity contribution >= 4 is 16.8 Å². The predicted octanol–water partition coefficient (Wildman–Crippen LogP) is 3.02. The number of hydrogen-bond donors (Lipinski definition) is 1. The maximum Gasteiger partial charge on any atom is 0.0708 e. The van der Waals surface area contributed by atoms with Gasteiger partial charge in [-0.05, 0) is 28.0 Å². The lowest BCUT2D eigenvalue weighted by Crippen LogP contribution is -2.15. The van der Waals surface area contributed by atoms with E-state index < -0.39 is 0 Å². The molecule has 15 heavy (non-hydrogen) atoms. The third-order valence-electron chi connectivity index (χ3n) is 2.82. The van der Waals surface area contributed by atoms with Crippen molar-refractivity contribution in [1.29, 1.82) is 0 Å². The van der Waals surface area contributed by atoms with Gasteiger partial charge in [0.05, 0.1) is 6.54 Å². The van der Waals surface area contributed by atoms with Gasteiger partial charge in [0, 0.05) is 6.20 Å². The summed E-state index contributed by atoms with van der Waals surface area (Å²) in [6.07, 6.45) is 3.63. The highest BCUT2D eigenvalue weighted by Gasteiger charge is 2.11. The first-order valence-electron chi connectivity index (χ1n) is 4.99. The minimum absolute atomic E-state index is 0.563. The van der Waals surface area contributed by atoms with Gasteiger partial charge in [-0.3, -0.25) is 10.3 Å². The highest BCUT2D eigenvalue weighted by Crippen LogP contribution is 2.27. The summed E-state index contributed by atoms with van der Waals surface area (Å²) in [5.41, 5.74) is 2.39. The number of nitrogens with zero attached hydrogens (tertiary/aromatic N) is 1. The summed E-state index contributed by atoms with van der Waals surface area (Å²) < 4.78 is 0. The lowest BCUT2D eigenvalue weighted by Gasteiger charge is -2.20. The van der Waals surface area contributed by atoms with Crippen molar-refractivity contribution in [3.8, 4) is 0 Å². The van der Waals surface area contributed by atoms with Gasteiger partial charge in [-0.25, -0.2) is 0 Å². The van der Waals surface area contributed by atoms with E-state index in [0.29, 0.717) is 6.54 Å². The van der Waals surface area contributed by atoms with E-state index >= 15 is 0 Å². The summed E-state index contributed by atoms with van der Waals surface area (Å²) in [6.45, 7) is 0.563. The highest BCUT2D eigenvalue weighted by atomic mass is 16.5. The molecule has 0 atom stereocenters. The van der Waals surface area contributed by atoms with Gasteiger partial charge < -0.3 is 0 Å². The van der Waals surface area contributed by atoms with Crippen LogP contribution in [0.2, 0.25) is 0 Å². The molecule has 0 saturated carbocycles. The Kier molecular flexibility index (Phi) is 1.76. The van der Waals surface area contributed by atoms with Crippen LogP contribution in [0.1, 0.15) is 11.1 Å². The van der Waals surface area contributed by atoms with Gasteiger partial charge >= 0.3 is 0 Å². The number of rotatable bonds is 0. The molecule has 0 aliphatic carbocycles. The number of hydrogen-bond acceptors (Lipinski definition) is 2. The quantitative estimate of drug-likeness (QED) is 0.701. The van der Waals surface area contributed by atoms with Crippen molar-refractivity contribution in [2.45, 2.75) is 6.54 Å². The zero-order valence-electron chi connectivity index (χ0n) is 8.22. The molecule has 0 fully saturated rings. The number of benzene rings is 2. The molecule has 0 unspecified atom stereocenters. The summed E-state index contributed by atoms with van der Waals surface area (Å²) in [6, 6.07) is 12.5. The lowest BCUT2D eigenvalue weighted by atomic mass is 9.97. The van der Waals surface area contributed by atoms with Crippen LogP contribution in [0.15, 0.2) is 42.6 Å². The van der Waals surface area contributed by atoms with Gasteiger partial charge in [-0.15, -0.1) is 0 Å². The fourth-order valence-electron chi connectivity index (χ4n) is 2.07. The second-order valence-electron chi connectivity index (χ2n) is 3.77. The molecule has 74 valence electrons. The Balaban J connectivity index is 2.34. The van der Waals surface area contributed by atoms with E-state index in [4.69, 9.17) is 0 Å². The third-order valence-corrected chi connectivity index (χ3v) is 2.82. The molecule has 1 heterocycles. The third kappa shape index (κ3) is 1.30. The molecule has 0 spiro atoms. The maximum absolute atomic E-state index is 9.46. The molecule has 0 amide bonds. The topological polar surface area (TPSA) is 23.5 Å². The average molecular weight is 197 g/mol. The molecule has 0 bridgehead atoms. The Morgan fingerprint density at radius 1 is 1.07 bits per heavy atom. The van der Waals surface area contributed by atoms with E-state index in [1.54, 1.807) is 6.20 Å². The monoisotopic (exact) mass is 197 g/mol. The van der Waals surface area contributed by atoms with Crippen LogP contribution in [0, 0.1) is 0 Å². The van der Waals surface area contributed by atoms with Gasteiger partial charge in [0.1, 0.15) is 0 Å². The summed E-state index contributed by atoms with van der Waals surface area (Å²) in [5.74, 6) is 0. The normalized spacial score (nSPS) is 14.3. The van der Waals surface area contributed by atoms with E-state index in [2.05, 4.69) is 24.3 Å². The Labute approximate surface area is 88.0 Å². The predicted molar refractivity (Wildman–Crippen MR) is 60.3 cm³/mol. The van der Waals surface area contributed by atoms with Crippen molar-refractivity contribution in [3.63, 3.8) is 0 Å². The van der Waals surface area contributed by atoms with Crippen LogP contribution in [0.4, 0.5) is 0 Å². The molecule has 0 saturated heterocycles. The zero-order chi connectivity index (χ0) is 10.3. The van der Waals surface area contributed by atoms with E-state index in [-0.39, 0.29) is 0 Å². The van der Waals surface area contributed by atoms with Gasteiger partial charge in [0.15, 0.2) is 0 Å². The standard InChI is InChI=1S/C13H11NO/c15-14-8-7-11-6-5-10-3-1-2-4-12(10)13(11)9-14/h1-8,15H,9H2. The second kappa shape index (κ2) is 3.11. The van der Waals surface area contributed by atoms with Gasteiger partial charge in [0.25, 0.3) is 0 Å². The van der Waals surface area contributed by atoms with Crippen LogP contribution >= 0.6 is 0 Å². The summed E-state index contributed by atoms with van der Waals surface area (Å²) in [5, 5.41) is 13.1. The van der Waals surface area contributed by atoms with E-state index in [1.807, 2.05) is 18.2 Å². The van der Waals surface area contributed by atoms with Crippen molar-refractivity contribution in [3.05, 3.63) is 53.7 Å². The molecular weight excluding hydrogens is 186 g/mol. The molecule has 2 nitrogen and oxygen atoms in total. The van der Waals surface area contributed by atoms with E-state index in [0.717, 1.165) is 0 Å². The molecule has 0 aromatic heterocycles. The molecule has 2 aromatic rings. The van der Waals surface area contributed by atoms with Crippen molar-refractivity contribution < 1.29 is 5.21 Å². The smallest absolute Gasteiger partial charge is 0.0708 e. The molecule has 1 aliphatic rings. The van der Waals surface area contributed by atoms with Crippen LogP contribution in [0.5, 0.6) is 0 Å². The van der Waals surface area contributed by atoms with Gasteiger partial charge in [-0.1, -0.05) is 36.4 Å². The first kappa shape index (κ1) is 8.50. The minimum atomic E-state index is 0.563. The Morgan fingerprint density at radius 2 is 1.93 bits per heavy atom.